The van der Waals surface area contributed by atoms with E-state index in [0.29, 0.717) is 24.5 Å². The zero-order valence-corrected chi connectivity index (χ0v) is 20.3. The molecule has 184 valence electrons. The van der Waals surface area contributed by atoms with Crippen molar-refractivity contribution >= 4 is 23.2 Å². The zero-order valence-electron chi connectivity index (χ0n) is 19.5. The Bertz CT molecular complexity index is 1110. The lowest BCUT2D eigenvalue weighted by atomic mass is 10.0. The molecule has 11 heteroatoms. The maximum Gasteiger partial charge on any atom is 0.247 e. The number of hydrogen-bond acceptors (Lipinski definition) is 8. The number of pyridine rings is 1. The summed E-state index contributed by atoms with van der Waals surface area (Å²) in [7, 11) is 0. The fourth-order valence-electron chi connectivity index (χ4n) is 4.75. The van der Waals surface area contributed by atoms with E-state index in [1.807, 2.05) is 17.5 Å². The average molecular weight is 496 g/mol. The third-order valence-corrected chi connectivity index (χ3v) is 7.36. The van der Waals surface area contributed by atoms with Gasteiger partial charge in [-0.3, -0.25) is 14.6 Å². The van der Waals surface area contributed by atoms with Crippen molar-refractivity contribution in [3.63, 3.8) is 0 Å². The van der Waals surface area contributed by atoms with Gasteiger partial charge in [-0.1, -0.05) is 18.9 Å². The van der Waals surface area contributed by atoms with E-state index in [9.17, 15) is 9.59 Å². The predicted molar refractivity (Wildman–Crippen MR) is 129 cm³/mol. The summed E-state index contributed by atoms with van der Waals surface area (Å²) in [6.07, 6.45) is 9.09. The van der Waals surface area contributed by atoms with Crippen LogP contribution in [0.3, 0.4) is 0 Å². The van der Waals surface area contributed by atoms with E-state index in [-0.39, 0.29) is 30.5 Å². The Labute approximate surface area is 207 Å². The van der Waals surface area contributed by atoms with E-state index >= 15 is 0 Å². The molecule has 3 aromatic rings. The first-order valence-electron chi connectivity index (χ1n) is 12.1. The molecule has 0 bridgehead atoms. The second-order valence-electron chi connectivity index (χ2n) is 8.97. The van der Waals surface area contributed by atoms with Crippen LogP contribution in [0.5, 0.6) is 0 Å². The van der Waals surface area contributed by atoms with E-state index in [1.54, 1.807) is 29.4 Å². The van der Waals surface area contributed by atoms with Gasteiger partial charge in [0.2, 0.25) is 17.6 Å². The summed E-state index contributed by atoms with van der Waals surface area (Å²) in [6, 6.07) is 6.74. The number of carbonyl (C=O) groups excluding carboxylic acids is 2. The first kappa shape index (κ1) is 23.6. The standard InChI is InChI=1S/C24H29N7O3S/c32-21(16-31-28-23(27-29-31)20-8-4-14-35-20)30(15-19-7-3-13-34-19)22(17-9-11-25-12-10-17)24(33)26-18-5-1-2-6-18/h4,8-12,14,18-19,22H,1-3,5-7,13,15-16H2,(H,26,33)/t19-,22-/m1/s1. The van der Waals surface area contributed by atoms with E-state index in [4.69, 9.17) is 4.74 Å². The summed E-state index contributed by atoms with van der Waals surface area (Å²) in [5.74, 6) is 0.0300. The van der Waals surface area contributed by atoms with Gasteiger partial charge in [0.1, 0.15) is 12.6 Å². The van der Waals surface area contributed by atoms with Gasteiger partial charge in [-0.05, 0) is 60.0 Å². The summed E-state index contributed by atoms with van der Waals surface area (Å²) in [5, 5.41) is 17.7. The topological polar surface area (TPSA) is 115 Å². The summed E-state index contributed by atoms with van der Waals surface area (Å²) >= 11 is 1.51. The molecule has 4 heterocycles. The zero-order chi connectivity index (χ0) is 24.0. The molecule has 0 radical (unpaired) electrons. The van der Waals surface area contributed by atoms with Gasteiger partial charge in [0, 0.05) is 31.6 Å². The number of thiophene rings is 1. The van der Waals surface area contributed by atoms with Crippen molar-refractivity contribution in [2.24, 2.45) is 0 Å². The second-order valence-corrected chi connectivity index (χ2v) is 9.92. The van der Waals surface area contributed by atoms with Crippen LogP contribution in [0.4, 0.5) is 0 Å². The molecular formula is C24H29N7O3S. The lowest BCUT2D eigenvalue weighted by molar-refractivity contribution is -0.143. The molecule has 0 spiro atoms. The molecule has 1 aliphatic heterocycles. The SMILES string of the molecule is O=C(NC1CCCC1)[C@@H](c1ccncc1)N(C[C@H]1CCCO1)C(=O)Cn1nnc(-c2cccs2)n1. The maximum atomic E-state index is 13.7. The third-order valence-electron chi connectivity index (χ3n) is 6.50. The summed E-state index contributed by atoms with van der Waals surface area (Å²) in [5.41, 5.74) is 0.715. The van der Waals surface area contributed by atoms with Gasteiger partial charge in [-0.15, -0.1) is 21.5 Å². The molecule has 0 unspecified atom stereocenters. The highest BCUT2D eigenvalue weighted by Gasteiger charge is 2.35. The first-order chi connectivity index (χ1) is 17.2. The van der Waals surface area contributed by atoms with Crippen molar-refractivity contribution < 1.29 is 14.3 Å². The van der Waals surface area contributed by atoms with Crippen LogP contribution in [0.2, 0.25) is 0 Å². The molecule has 5 rings (SSSR count). The van der Waals surface area contributed by atoms with E-state index in [0.717, 1.165) is 43.4 Å². The highest BCUT2D eigenvalue weighted by Crippen LogP contribution is 2.26. The number of hydrogen-bond donors (Lipinski definition) is 1. The Morgan fingerprint density at radius 1 is 1.17 bits per heavy atom. The molecule has 2 fully saturated rings. The average Bonchev–Trinajstić information content (AvgIpc) is 3.68. The molecule has 1 saturated carbocycles. The summed E-state index contributed by atoms with van der Waals surface area (Å²) < 4.78 is 5.85. The fraction of sp³-hybridized carbons (Fsp3) is 0.500. The molecule has 2 atom stereocenters. The number of nitrogens with one attached hydrogen (secondary N) is 1. The number of nitrogens with zero attached hydrogens (tertiary/aromatic N) is 6. The maximum absolute atomic E-state index is 13.7. The molecule has 1 N–H and O–H groups in total. The largest absolute Gasteiger partial charge is 0.376 e. The highest BCUT2D eigenvalue weighted by atomic mass is 32.1. The number of rotatable bonds is 9. The van der Waals surface area contributed by atoms with Gasteiger partial charge in [0.25, 0.3) is 0 Å². The van der Waals surface area contributed by atoms with Crippen LogP contribution >= 0.6 is 11.3 Å². The Hall–Kier alpha value is -3.18. The first-order valence-corrected chi connectivity index (χ1v) is 13.0. The molecule has 2 aliphatic rings. The van der Waals surface area contributed by atoms with Crippen LogP contribution in [0.1, 0.15) is 50.1 Å². The molecule has 1 aliphatic carbocycles. The molecule has 1 saturated heterocycles. The lowest BCUT2D eigenvalue weighted by Gasteiger charge is -2.33. The molecule has 10 nitrogen and oxygen atoms in total. The normalized spacial score (nSPS) is 19.0. The van der Waals surface area contributed by atoms with E-state index in [2.05, 4.69) is 25.7 Å². The number of tetrazole rings is 1. The number of amides is 2. The Morgan fingerprint density at radius 2 is 2.00 bits per heavy atom. The van der Waals surface area contributed by atoms with Crippen LogP contribution in [-0.2, 0) is 20.9 Å². The minimum atomic E-state index is -0.796. The van der Waals surface area contributed by atoms with Crippen LogP contribution < -0.4 is 5.32 Å². The minimum absolute atomic E-state index is 0.118. The van der Waals surface area contributed by atoms with Crippen LogP contribution in [0.15, 0.2) is 42.0 Å². The number of ether oxygens (including phenoxy) is 1. The van der Waals surface area contributed by atoms with Crippen molar-refractivity contribution in [3.8, 4) is 10.7 Å². The number of carbonyl (C=O) groups is 2. The Balaban J connectivity index is 1.41. The van der Waals surface area contributed by atoms with Gasteiger partial charge in [0.15, 0.2) is 0 Å². The lowest BCUT2D eigenvalue weighted by Crippen LogP contribution is -2.49. The van der Waals surface area contributed by atoms with Gasteiger partial charge < -0.3 is 15.0 Å². The Kier molecular flexibility index (Phi) is 7.43. The number of aromatic nitrogens is 5. The molecule has 0 aromatic carbocycles. The van der Waals surface area contributed by atoms with Gasteiger partial charge in [0.05, 0.1) is 11.0 Å². The molecule has 35 heavy (non-hydrogen) atoms. The van der Waals surface area contributed by atoms with Crippen molar-refractivity contribution in [2.45, 2.75) is 63.3 Å². The van der Waals surface area contributed by atoms with Crippen LogP contribution in [-0.4, -0.2) is 67.2 Å². The molecule has 3 aromatic heterocycles. The van der Waals surface area contributed by atoms with Crippen LogP contribution in [0, 0.1) is 0 Å². The van der Waals surface area contributed by atoms with E-state index < -0.39 is 6.04 Å². The van der Waals surface area contributed by atoms with Gasteiger partial charge in [-0.2, -0.15) is 4.80 Å². The molecule has 2 amide bonds. The fourth-order valence-corrected chi connectivity index (χ4v) is 5.40. The van der Waals surface area contributed by atoms with Crippen molar-refractivity contribution in [3.05, 3.63) is 47.6 Å². The quantitative estimate of drug-likeness (QED) is 0.485. The predicted octanol–water partition coefficient (Wildman–Crippen LogP) is 2.60. The van der Waals surface area contributed by atoms with Gasteiger partial charge >= 0.3 is 0 Å². The highest BCUT2D eigenvalue weighted by molar-refractivity contribution is 7.13. The van der Waals surface area contributed by atoms with Crippen molar-refractivity contribution in [2.75, 3.05) is 13.2 Å². The van der Waals surface area contributed by atoms with Crippen LogP contribution in [0.25, 0.3) is 10.7 Å². The third kappa shape index (κ3) is 5.73. The van der Waals surface area contributed by atoms with Gasteiger partial charge in [-0.25, -0.2) is 0 Å². The summed E-state index contributed by atoms with van der Waals surface area (Å²) in [6.45, 7) is 0.857. The van der Waals surface area contributed by atoms with E-state index in [1.165, 1.54) is 16.1 Å². The monoisotopic (exact) mass is 495 g/mol. The second kappa shape index (κ2) is 11.0. The Morgan fingerprint density at radius 3 is 2.71 bits per heavy atom. The van der Waals surface area contributed by atoms with Crippen molar-refractivity contribution in [1.29, 1.82) is 0 Å². The van der Waals surface area contributed by atoms with Crippen molar-refractivity contribution in [1.82, 2.24) is 35.4 Å². The summed E-state index contributed by atoms with van der Waals surface area (Å²) in [4.78, 5) is 35.2. The molecular weight excluding hydrogens is 466 g/mol. The minimum Gasteiger partial charge on any atom is -0.376 e. The smallest absolute Gasteiger partial charge is 0.247 e.